The maximum Gasteiger partial charge on any atom is 0.126 e. The molecule has 0 amide bonds. The van der Waals surface area contributed by atoms with Gasteiger partial charge in [-0.2, -0.15) is 0 Å². The molecule has 0 aromatic heterocycles. The van der Waals surface area contributed by atoms with Crippen LogP contribution in [0.15, 0.2) is 22.7 Å². The maximum atomic E-state index is 14.0. The average molecular weight is 342 g/mol. The molecule has 1 fully saturated rings. The van der Waals surface area contributed by atoms with Gasteiger partial charge in [0, 0.05) is 10.5 Å². The molecule has 1 N–H and O–H groups in total. The summed E-state index contributed by atoms with van der Waals surface area (Å²) in [6.45, 7) is 7.78. The zero-order chi connectivity index (χ0) is 14.8. The van der Waals surface area contributed by atoms with Crippen LogP contribution < -0.4 is 5.32 Å². The summed E-state index contributed by atoms with van der Waals surface area (Å²) in [5.41, 5.74) is 1.17. The quantitative estimate of drug-likeness (QED) is 0.800. The molecule has 112 valence electrons. The van der Waals surface area contributed by atoms with Gasteiger partial charge in [-0.05, 0) is 60.9 Å². The molecule has 2 atom stereocenters. The van der Waals surface area contributed by atoms with Crippen molar-refractivity contribution >= 4 is 15.9 Å². The smallest absolute Gasteiger partial charge is 0.126 e. The molecule has 1 nitrogen and oxygen atoms in total. The van der Waals surface area contributed by atoms with Crippen molar-refractivity contribution in [3.05, 3.63) is 34.1 Å². The van der Waals surface area contributed by atoms with Crippen molar-refractivity contribution in [1.82, 2.24) is 5.32 Å². The molecule has 1 aromatic carbocycles. The molecule has 1 aliphatic rings. The van der Waals surface area contributed by atoms with Crippen molar-refractivity contribution in [2.24, 2.45) is 11.3 Å². The molecule has 0 heterocycles. The Hall–Kier alpha value is -0.410. The lowest BCUT2D eigenvalue weighted by atomic mass is 9.76. The van der Waals surface area contributed by atoms with Crippen molar-refractivity contribution in [3.63, 3.8) is 0 Å². The van der Waals surface area contributed by atoms with Gasteiger partial charge in [-0.3, -0.25) is 0 Å². The van der Waals surface area contributed by atoms with Crippen molar-refractivity contribution in [1.29, 1.82) is 0 Å². The highest BCUT2D eigenvalue weighted by atomic mass is 79.9. The zero-order valence-electron chi connectivity index (χ0n) is 12.7. The van der Waals surface area contributed by atoms with E-state index in [1.54, 1.807) is 12.1 Å². The molecule has 1 aliphatic carbocycles. The lowest BCUT2D eigenvalue weighted by Gasteiger charge is -2.35. The van der Waals surface area contributed by atoms with Gasteiger partial charge in [0.2, 0.25) is 0 Å². The standard InChI is InChI=1S/C17H25BrFN/c1-4-20-16(14-6-5-9-17(14,2)3)11-12-10-13(18)7-8-15(12)19/h7-8,10,14,16,20H,4-6,9,11H2,1-3H3. The zero-order valence-corrected chi connectivity index (χ0v) is 14.3. The topological polar surface area (TPSA) is 12.0 Å². The predicted molar refractivity (Wildman–Crippen MR) is 86.4 cm³/mol. The largest absolute Gasteiger partial charge is 0.314 e. The van der Waals surface area contributed by atoms with Gasteiger partial charge in [0.15, 0.2) is 0 Å². The molecule has 0 aliphatic heterocycles. The molecule has 2 rings (SSSR count). The first-order valence-electron chi connectivity index (χ1n) is 7.61. The van der Waals surface area contributed by atoms with Gasteiger partial charge in [0.05, 0.1) is 0 Å². The number of rotatable bonds is 5. The number of benzene rings is 1. The summed E-state index contributed by atoms with van der Waals surface area (Å²) in [5, 5.41) is 3.59. The van der Waals surface area contributed by atoms with Crippen LogP contribution in [-0.2, 0) is 6.42 Å². The average Bonchev–Trinajstić information content (AvgIpc) is 2.73. The summed E-state index contributed by atoms with van der Waals surface area (Å²) < 4.78 is 15.0. The summed E-state index contributed by atoms with van der Waals surface area (Å²) >= 11 is 3.44. The highest BCUT2D eigenvalue weighted by Crippen LogP contribution is 2.45. The predicted octanol–water partition coefficient (Wildman–Crippen LogP) is 4.94. The Morgan fingerprint density at radius 3 is 2.80 bits per heavy atom. The van der Waals surface area contributed by atoms with Crippen LogP contribution in [0.4, 0.5) is 4.39 Å². The molecular formula is C17H25BrFN. The summed E-state index contributed by atoms with van der Waals surface area (Å²) in [5.74, 6) is 0.535. The van der Waals surface area contributed by atoms with Crippen LogP contribution in [0, 0.1) is 17.2 Å². The van der Waals surface area contributed by atoms with E-state index in [2.05, 4.69) is 42.0 Å². The molecule has 0 saturated heterocycles. The minimum atomic E-state index is -0.0908. The molecule has 2 unspecified atom stereocenters. The molecule has 0 bridgehead atoms. The van der Waals surface area contributed by atoms with Crippen molar-refractivity contribution in [3.8, 4) is 0 Å². The third-order valence-electron chi connectivity index (χ3n) is 4.74. The van der Waals surface area contributed by atoms with E-state index in [0.717, 1.165) is 23.0 Å². The van der Waals surface area contributed by atoms with Crippen LogP contribution in [0.25, 0.3) is 0 Å². The molecule has 0 spiro atoms. The van der Waals surface area contributed by atoms with Gasteiger partial charge >= 0.3 is 0 Å². The second-order valence-electron chi connectivity index (χ2n) is 6.59. The summed E-state index contributed by atoms with van der Waals surface area (Å²) in [6.07, 6.45) is 4.59. The Bertz CT molecular complexity index is 458. The molecule has 0 radical (unpaired) electrons. The number of likely N-dealkylation sites (N-methyl/N-ethyl adjacent to an activating group) is 1. The Balaban J connectivity index is 2.19. The van der Waals surface area contributed by atoms with Crippen molar-refractivity contribution in [2.75, 3.05) is 6.54 Å². The number of halogens is 2. The van der Waals surface area contributed by atoms with Crippen LogP contribution in [0.2, 0.25) is 0 Å². The van der Waals surface area contributed by atoms with E-state index >= 15 is 0 Å². The van der Waals surface area contributed by atoms with E-state index in [0.29, 0.717) is 17.4 Å². The Morgan fingerprint density at radius 1 is 1.45 bits per heavy atom. The molecule has 1 aromatic rings. The van der Waals surface area contributed by atoms with E-state index < -0.39 is 0 Å². The second kappa shape index (κ2) is 6.57. The van der Waals surface area contributed by atoms with Gasteiger partial charge in [-0.1, -0.05) is 43.1 Å². The maximum absolute atomic E-state index is 14.0. The minimum absolute atomic E-state index is 0.0908. The highest BCUT2D eigenvalue weighted by Gasteiger charge is 2.39. The molecule has 1 saturated carbocycles. The fourth-order valence-electron chi connectivity index (χ4n) is 3.66. The Labute approximate surface area is 130 Å². The Kier molecular flexibility index (Phi) is 5.25. The number of hydrogen-bond acceptors (Lipinski definition) is 1. The van der Waals surface area contributed by atoms with Gasteiger partial charge < -0.3 is 5.32 Å². The first-order valence-corrected chi connectivity index (χ1v) is 8.40. The lowest BCUT2D eigenvalue weighted by molar-refractivity contribution is 0.196. The third-order valence-corrected chi connectivity index (χ3v) is 5.23. The Morgan fingerprint density at radius 2 is 2.20 bits per heavy atom. The van der Waals surface area contributed by atoms with Gasteiger partial charge in [0.25, 0.3) is 0 Å². The first-order chi connectivity index (χ1) is 9.44. The van der Waals surface area contributed by atoms with Gasteiger partial charge in [0.1, 0.15) is 5.82 Å². The summed E-state index contributed by atoms with van der Waals surface area (Å²) in [4.78, 5) is 0. The minimum Gasteiger partial charge on any atom is -0.314 e. The number of nitrogens with one attached hydrogen (secondary N) is 1. The van der Waals surface area contributed by atoms with Crippen LogP contribution in [-0.4, -0.2) is 12.6 Å². The monoisotopic (exact) mass is 341 g/mol. The molecular weight excluding hydrogens is 317 g/mol. The van der Waals surface area contributed by atoms with E-state index in [1.165, 1.54) is 19.3 Å². The molecule has 3 heteroatoms. The van der Waals surface area contributed by atoms with E-state index in [4.69, 9.17) is 0 Å². The van der Waals surface area contributed by atoms with Crippen LogP contribution in [0.3, 0.4) is 0 Å². The number of hydrogen-bond donors (Lipinski definition) is 1. The van der Waals surface area contributed by atoms with E-state index in [-0.39, 0.29) is 5.82 Å². The summed E-state index contributed by atoms with van der Waals surface area (Å²) in [7, 11) is 0. The van der Waals surface area contributed by atoms with Gasteiger partial charge in [-0.25, -0.2) is 4.39 Å². The summed E-state index contributed by atoms with van der Waals surface area (Å²) in [6, 6.07) is 5.60. The van der Waals surface area contributed by atoms with Crippen LogP contribution in [0.1, 0.15) is 45.6 Å². The van der Waals surface area contributed by atoms with Crippen molar-refractivity contribution < 1.29 is 4.39 Å². The fourth-order valence-corrected chi connectivity index (χ4v) is 4.06. The highest BCUT2D eigenvalue weighted by molar-refractivity contribution is 9.10. The second-order valence-corrected chi connectivity index (χ2v) is 7.51. The van der Waals surface area contributed by atoms with Crippen LogP contribution in [0.5, 0.6) is 0 Å². The fraction of sp³-hybridized carbons (Fsp3) is 0.647. The molecule has 20 heavy (non-hydrogen) atoms. The SMILES string of the molecule is CCNC(Cc1cc(Br)ccc1F)C1CCCC1(C)C. The van der Waals surface area contributed by atoms with Crippen molar-refractivity contribution in [2.45, 2.75) is 52.5 Å². The first kappa shape index (κ1) is 16.0. The normalized spacial score (nSPS) is 22.9. The van der Waals surface area contributed by atoms with Crippen LogP contribution >= 0.6 is 15.9 Å². The third kappa shape index (κ3) is 3.62. The van der Waals surface area contributed by atoms with E-state index in [9.17, 15) is 4.39 Å². The van der Waals surface area contributed by atoms with E-state index in [1.807, 2.05) is 6.07 Å². The van der Waals surface area contributed by atoms with Gasteiger partial charge in [-0.15, -0.1) is 0 Å². The lowest BCUT2D eigenvalue weighted by Crippen LogP contribution is -2.42.